The zero-order valence-electron chi connectivity index (χ0n) is 10.1. The van der Waals surface area contributed by atoms with Crippen molar-refractivity contribution in [3.05, 3.63) is 52.3 Å². The summed E-state index contributed by atoms with van der Waals surface area (Å²) < 4.78 is 6.63. The summed E-state index contributed by atoms with van der Waals surface area (Å²) >= 11 is 3.37. The van der Waals surface area contributed by atoms with Crippen molar-refractivity contribution in [3.8, 4) is 11.5 Å². The fraction of sp³-hybridized carbons (Fsp3) is 0.143. The Balaban J connectivity index is 2.42. The van der Waals surface area contributed by atoms with Crippen molar-refractivity contribution in [1.82, 2.24) is 4.98 Å². The number of benzene rings is 1. The Labute approximate surface area is 114 Å². The van der Waals surface area contributed by atoms with Crippen molar-refractivity contribution in [2.24, 2.45) is 0 Å². The number of carbonyl (C=O) groups excluding carboxylic acids is 1. The number of ketones is 1. The van der Waals surface area contributed by atoms with Gasteiger partial charge in [-0.15, -0.1) is 0 Å². The molecule has 2 rings (SSSR count). The van der Waals surface area contributed by atoms with E-state index in [1.807, 2.05) is 19.1 Å². The van der Waals surface area contributed by atoms with Gasteiger partial charge in [-0.25, -0.2) is 0 Å². The molecule has 0 aliphatic heterocycles. The predicted molar refractivity (Wildman–Crippen MR) is 73.2 cm³/mol. The maximum atomic E-state index is 11.5. The molecule has 0 atom stereocenters. The predicted octanol–water partition coefficient (Wildman–Crippen LogP) is 4.15. The lowest BCUT2D eigenvalue weighted by molar-refractivity contribution is 0.101. The monoisotopic (exact) mass is 305 g/mol. The van der Waals surface area contributed by atoms with Crippen molar-refractivity contribution >= 4 is 21.7 Å². The molecular weight excluding hydrogens is 294 g/mol. The highest BCUT2D eigenvalue weighted by atomic mass is 79.9. The van der Waals surface area contributed by atoms with Gasteiger partial charge in [0.1, 0.15) is 11.5 Å². The molecule has 2 aromatic rings. The second-order valence-corrected chi connectivity index (χ2v) is 4.80. The minimum absolute atomic E-state index is 0.0287. The molecule has 0 bridgehead atoms. The Bertz CT molecular complexity index is 596. The quantitative estimate of drug-likeness (QED) is 0.800. The molecule has 4 heteroatoms. The molecule has 0 saturated heterocycles. The van der Waals surface area contributed by atoms with E-state index in [2.05, 4.69) is 20.9 Å². The van der Waals surface area contributed by atoms with Crippen molar-refractivity contribution in [3.63, 3.8) is 0 Å². The lowest BCUT2D eigenvalue weighted by Crippen LogP contribution is -1.98. The highest BCUT2D eigenvalue weighted by Gasteiger charge is 2.11. The van der Waals surface area contributed by atoms with E-state index in [9.17, 15) is 4.79 Å². The van der Waals surface area contributed by atoms with Gasteiger partial charge in [0.25, 0.3) is 0 Å². The largest absolute Gasteiger partial charge is 0.455 e. The molecule has 92 valence electrons. The molecule has 1 aromatic carbocycles. The zero-order valence-corrected chi connectivity index (χ0v) is 11.7. The van der Waals surface area contributed by atoms with Gasteiger partial charge in [-0.05, 0) is 44.2 Å². The minimum Gasteiger partial charge on any atom is -0.455 e. The highest BCUT2D eigenvalue weighted by molar-refractivity contribution is 9.10. The standard InChI is InChI=1S/C14H12BrNO2/c1-9-13(4-3-7-16-9)18-14-8-11(15)5-6-12(14)10(2)17/h3-8H,1-2H3. The van der Waals surface area contributed by atoms with Crippen LogP contribution in [0.5, 0.6) is 11.5 Å². The first kappa shape index (κ1) is 12.8. The summed E-state index contributed by atoms with van der Waals surface area (Å²) in [6.07, 6.45) is 1.70. The van der Waals surface area contributed by atoms with E-state index in [1.54, 1.807) is 24.4 Å². The fourth-order valence-corrected chi connectivity index (χ4v) is 1.91. The van der Waals surface area contributed by atoms with Crippen LogP contribution in [0.2, 0.25) is 0 Å². The fourth-order valence-electron chi connectivity index (χ4n) is 1.57. The topological polar surface area (TPSA) is 39.2 Å². The number of halogens is 1. The first-order chi connectivity index (χ1) is 8.58. The lowest BCUT2D eigenvalue weighted by atomic mass is 10.1. The third-order valence-electron chi connectivity index (χ3n) is 2.50. The van der Waals surface area contributed by atoms with E-state index in [-0.39, 0.29) is 5.78 Å². The van der Waals surface area contributed by atoms with Crippen LogP contribution in [0.3, 0.4) is 0 Å². The molecule has 0 aliphatic rings. The molecule has 0 unspecified atom stereocenters. The Morgan fingerprint density at radius 1 is 1.28 bits per heavy atom. The summed E-state index contributed by atoms with van der Waals surface area (Å²) in [5.41, 5.74) is 1.34. The van der Waals surface area contributed by atoms with Crippen molar-refractivity contribution < 1.29 is 9.53 Å². The molecule has 1 aromatic heterocycles. The molecule has 0 N–H and O–H groups in total. The Kier molecular flexibility index (Phi) is 3.77. The van der Waals surface area contributed by atoms with E-state index >= 15 is 0 Å². The number of aromatic nitrogens is 1. The Morgan fingerprint density at radius 2 is 2.06 bits per heavy atom. The van der Waals surface area contributed by atoms with Crippen LogP contribution in [0.4, 0.5) is 0 Å². The first-order valence-electron chi connectivity index (χ1n) is 5.48. The number of Topliss-reactive ketones (excluding diaryl/α,β-unsaturated/α-hetero) is 1. The minimum atomic E-state index is -0.0287. The van der Waals surface area contributed by atoms with Gasteiger partial charge in [0.15, 0.2) is 5.78 Å². The van der Waals surface area contributed by atoms with Crippen LogP contribution in [0, 0.1) is 6.92 Å². The van der Waals surface area contributed by atoms with Gasteiger partial charge in [-0.3, -0.25) is 9.78 Å². The normalized spacial score (nSPS) is 10.2. The van der Waals surface area contributed by atoms with Gasteiger partial charge in [0, 0.05) is 10.7 Å². The van der Waals surface area contributed by atoms with Crippen molar-refractivity contribution in [1.29, 1.82) is 0 Å². The molecule has 0 aliphatic carbocycles. The summed E-state index contributed by atoms with van der Waals surface area (Å²) in [6.45, 7) is 3.38. The number of carbonyl (C=O) groups is 1. The summed E-state index contributed by atoms with van der Waals surface area (Å²) in [6, 6.07) is 8.97. The molecule has 0 saturated carbocycles. The average Bonchev–Trinajstić information content (AvgIpc) is 2.32. The third kappa shape index (κ3) is 2.76. The second kappa shape index (κ2) is 5.31. The van der Waals surface area contributed by atoms with E-state index in [0.29, 0.717) is 17.1 Å². The molecule has 18 heavy (non-hydrogen) atoms. The average molecular weight is 306 g/mol. The van der Waals surface area contributed by atoms with Crippen LogP contribution >= 0.6 is 15.9 Å². The summed E-state index contributed by atoms with van der Waals surface area (Å²) in [4.78, 5) is 15.7. The number of hydrogen-bond donors (Lipinski definition) is 0. The molecule has 1 heterocycles. The summed E-state index contributed by atoms with van der Waals surface area (Å²) in [5, 5.41) is 0. The van der Waals surface area contributed by atoms with E-state index < -0.39 is 0 Å². The van der Waals surface area contributed by atoms with Crippen LogP contribution in [0.25, 0.3) is 0 Å². The maximum Gasteiger partial charge on any atom is 0.163 e. The van der Waals surface area contributed by atoms with E-state index in [1.165, 1.54) is 6.92 Å². The van der Waals surface area contributed by atoms with Crippen LogP contribution < -0.4 is 4.74 Å². The van der Waals surface area contributed by atoms with Gasteiger partial charge in [-0.2, -0.15) is 0 Å². The van der Waals surface area contributed by atoms with Gasteiger partial charge < -0.3 is 4.74 Å². The van der Waals surface area contributed by atoms with E-state index in [4.69, 9.17) is 4.74 Å². The van der Waals surface area contributed by atoms with Gasteiger partial charge in [0.05, 0.1) is 11.3 Å². The summed E-state index contributed by atoms with van der Waals surface area (Å²) in [5.74, 6) is 1.16. The van der Waals surface area contributed by atoms with Gasteiger partial charge >= 0.3 is 0 Å². The second-order valence-electron chi connectivity index (χ2n) is 3.89. The van der Waals surface area contributed by atoms with Crippen LogP contribution in [0.1, 0.15) is 23.0 Å². The molecule has 0 amide bonds. The molecule has 3 nitrogen and oxygen atoms in total. The van der Waals surface area contributed by atoms with Crippen LogP contribution in [-0.4, -0.2) is 10.8 Å². The Morgan fingerprint density at radius 3 is 2.72 bits per heavy atom. The van der Waals surface area contributed by atoms with Crippen LogP contribution in [-0.2, 0) is 0 Å². The number of rotatable bonds is 3. The number of pyridine rings is 1. The van der Waals surface area contributed by atoms with Crippen LogP contribution in [0.15, 0.2) is 41.0 Å². The maximum absolute atomic E-state index is 11.5. The number of nitrogens with zero attached hydrogens (tertiary/aromatic N) is 1. The molecule has 0 spiro atoms. The number of aryl methyl sites for hydroxylation is 1. The molecular formula is C14H12BrNO2. The number of ether oxygens (including phenoxy) is 1. The van der Waals surface area contributed by atoms with Crippen molar-refractivity contribution in [2.45, 2.75) is 13.8 Å². The summed E-state index contributed by atoms with van der Waals surface area (Å²) in [7, 11) is 0. The number of hydrogen-bond acceptors (Lipinski definition) is 3. The molecule has 0 fully saturated rings. The molecule has 0 radical (unpaired) electrons. The Hall–Kier alpha value is -1.68. The zero-order chi connectivity index (χ0) is 13.1. The van der Waals surface area contributed by atoms with Crippen molar-refractivity contribution in [2.75, 3.05) is 0 Å². The van der Waals surface area contributed by atoms with Gasteiger partial charge in [-0.1, -0.05) is 15.9 Å². The third-order valence-corrected chi connectivity index (χ3v) is 2.99. The smallest absolute Gasteiger partial charge is 0.163 e. The lowest BCUT2D eigenvalue weighted by Gasteiger charge is -2.11. The van der Waals surface area contributed by atoms with Gasteiger partial charge in [0.2, 0.25) is 0 Å². The van der Waals surface area contributed by atoms with E-state index in [0.717, 1.165) is 10.2 Å². The first-order valence-corrected chi connectivity index (χ1v) is 6.27. The highest BCUT2D eigenvalue weighted by Crippen LogP contribution is 2.29. The SMILES string of the molecule is CC(=O)c1ccc(Br)cc1Oc1cccnc1C.